The third-order valence-corrected chi connectivity index (χ3v) is 5.14. The number of thiazole rings is 1. The Morgan fingerprint density at radius 3 is 2.67 bits per heavy atom. The number of aromatic hydroxyl groups is 2. The van der Waals surface area contributed by atoms with Crippen molar-refractivity contribution in [2.45, 2.75) is 0 Å². The molecule has 2 aromatic heterocycles. The number of phenols is 2. The van der Waals surface area contributed by atoms with Gasteiger partial charge in [-0.1, -0.05) is 6.07 Å². The highest BCUT2D eigenvalue weighted by Crippen LogP contribution is 2.31. The highest BCUT2D eigenvalue weighted by molar-refractivity contribution is 7.17. The Hall–Kier alpha value is -3.66. The number of nitriles is 2. The lowest BCUT2D eigenvalue weighted by atomic mass is 10.1. The molecular weight excluding hydrogens is 384 g/mol. The Morgan fingerprint density at radius 1 is 1.19 bits per heavy atom. The molecule has 0 radical (unpaired) electrons. The second kappa shape index (κ2) is 7.70. The molecule has 2 heterocycles. The number of nitrogens with one attached hydrogen (secondary N) is 1. The van der Waals surface area contributed by atoms with E-state index in [1.54, 1.807) is 23.6 Å². The molecule has 0 aliphatic rings. The molecule has 0 atom stereocenters. The second-order valence-electron chi connectivity index (χ2n) is 5.19. The second-order valence-corrected chi connectivity index (χ2v) is 7.13. The van der Waals surface area contributed by atoms with E-state index in [0.717, 1.165) is 4.88 Å². The molecule has 9 heteroatoms. The van der Waals surface area contributed by atoms with E-state index in [9.17, 15) is 20.3 Å². The number of rotatable bonds is 4. The van der Waals surface area contributed by atoms with Crippen molar-refractivity contribution in [3.8, 4) is 34.2 Å². The first-order valence-corrected chi connectivity index (χ1v) is 9.10. The molecule has 1 aromatic carbocycles. The van der Waals surface area contributed by atoms with E-state index < -0.39 is 5.91 Å². The summed E-state index contributed by atoms with van der Waals surface area (Å²) in [5.74, 6) is -1.29. The molecular formula is C18H10N4O3S2. The number of thiophene rings is 1. The van der Waals surface area contributed by atoms with Gasteiger partial charge in [0.25, 0.3) is 5.91 Å². The number of carbonyl (C=O) groups excluding carboxylic acids is 1. The molecule has 0 aliphatic heterocycles. The van der Waals surface area contributed by atoms with Gasteiger partial charge in [0.15, 0.2) is 16.6 Å². The van der Waals surface area contributed by atoms with Crippen molar-refractivity contribution < 1.29 is 15.0 Å². The van der Waals surface area contributed by atoms with Crippen LogP contribution in [-0.2, 0) is 4.79 Å². The molecule has 3 rings (SSSR count). The Morgan fingerprint density at radius 2 is 2.00 bits per heavy atom. The molecule has 0 spiro atoms. The monoisotopic (exact) mass is 394 g/mol. The van der Waals surface area contributed by atoms with Crippen molar-refractivity contribution in [2.24, 2.45) is 0 Å². The van der Waals surface area contributed by atoms with E-state index in [4.69, 9.17) is 5.26 Å². The maximum atomic E-state index is 12.3. The Labute approximate surface area is 161 Å². The first-order valence-electron chi connectivity index (χ1n) is 7.41. The van der Waals surface area contributed by atoms with E-state index in [-0.39, 0.29) is 17.1 Å². The summed E-state index contributed by atoms with van der Waals surface area (Å²) >= 11 is 2.49. The minimum atomic E-state index is -0.644. The van der Waals surface area contributed by atoms with E-state index in [0.29, 0.717) is 21.3 Å². The van der Waals surface area contributed by atoms with Crippen LogP contribution in [0.15, 0.2) is 41.3 Å². The highest BCUT2D eigenvalue weighted by atomic mass is 32.1. The molecule has 3 aromatic rings. The van der Waals surface area contributed by atoms with Gasteiger partial charge in [0.2, 0.25) is 0 Å². The van der Waals surface area contributed by atoms with Crippen LogP contribution < -0.4 is 5.32 Å². The van der Waals surface area contributed by atoms with Gasteiger partial charge in [0.1, 0.15) is 22.6 Å². The lowest BCUT2D eigenvalue weighted by Gasteiger charge is -2.02. The van der Waals surface area contributed by atoms with Crippen LogP contribution in [0.1, 0.15) is 10.4 Å². The number of anilines is 1. The van der Waals surface area contributed by atoms with E-state index in [1.165, 1.54) is 46.9 Å². The van der Waals surface area contributed by atoms with Gasteiger partial charge in [0.05, 0.1) is 10.6 Å². The van der Waals surface area contributed by atoms with Crippen LogP contribution in [0.4, 0.5) is 5.13 Å². The van der Waals surface area contributed by atoms with Crippen molar-refractivity contribution in [2.75, 3.05) is 5.32 Å². The summed E-state index contributed by atoms with van der Waals surface area (Å²) in [5.41, 5.74) is 0.840. The molecule has 0 bridgehead atoms. The third-order valence-electron chi connectivity index (χ3n) is 3.37. The molecule has 0 saturated heterocycles. The fourth-order valence-electron chi connectivity index (χ4n) is 2.09. The molecule has 132 valence electrons. The largest absolute Gasteiger partial charge is 0.504 e. The summed E-state index contributed by atoms with van der Waals surface area (Å²) in [7, 11) is 0. The molecule has 27 heavy (non-hydrogen) atoms. The van der Waals surface area contributed by atoms with Gasteiger partial charge in [-0.2, -0.15) is 10.5 Å². The maximum absolute atomic E-state index is 12.3. The van der Waals surface area contributed by atoms with Crippen LogP contribution in [0.25, 0.3) is 16.6 Å². The summed E-state index contributed by atoms with van der Waals surface area (Å²) in [6.07, 6.45) is 1.29. The van der Waals surface area contributed by atoms with Gasteiger partial charge in [-0.05, 0) is 35.9 Å². The van der Waals surface area contributed by atoms with Gasteiger partial charge in [-0.25, -0.2) is 4.98 Å². The smallest absolute Gasteiger partial charge is 0.268 e. The fourth-order valence-corrected chi connectivity index (χ4v) is 3.63. The van der Waals surface area contributed by atoms with Gasteiger partial charge in [0, 0.05) is 5.38 Å². The molecule has 7 nitrogen and oxygen atoms in total. The number of hydrogen-bond acceptors (Lipinski definition) is 8. The molecule has 0 saturated carbocycles. The number of hydrogen-bond donors (Lipinski definition) is 3. The van der Waals surface area contributed by atoms with Crippen LogP contribution in [0.3, 0.4) is 0 Å². The van der Waals surface area contributed by atoms with Crippen LogP contribution in [0.5, 0.6) is 11.5 Å². The first-order chi connectivity index (χ1) is 13.0. The lowest BCUT2D eigenvalue weighted by Crippen LogP contribution is -2.13. The fraction of sp³-hybridized carbons (Fsp3) is 0. The number of nitrogens with zero attached hydrogens (tertiary/aromatic N) is 3. The van der Waals surface area contributed by atoms with Crippen molar-refractivity contribution in [1.29, 1.82) is 10.5 Å². The zero-order chi connectivity index (χ0) is 19.4. The topological polar surface area (TPSA) is 130 Å². The minimum Gasteiger partial charge on any atom is -0.504 e. The quantitative estimate of drug-likeness (QED) is 0.351. The summed E-state index contributed by atoms with van der Waals surface area (Å²) in [6, 6.07) is 11.3. The predicted molar refractivity (Wildman–Crippen MR) is 102 cm³/mol. The van der Waals surface area contributed by atoms with Gasteiger partial charge in [-0.15, -0.1) is 22.7 Å². The minimum absolute atomic E-state index is 0.181. The summed E-state index contributed by atoms with van der Waals surface area (Å²) < 4.78 is 0. The van der Waals surface area contributed by atoms with E-state index >= 15 is 0 Å². The van der Waals surface area contributed by atoms with Crippen LogP contribution >= 0.6 is 22.7 Å². The molecule has 3 N–H and O–H groups in total. The standard InChI is InChI=1S/C18H10N4O3S2/c19-7-11(5-10-1-3-14(23)15(24)6-10)17(25)22-18-21-13(9-26-18)16-4-2-12(8-20)27-16/h1-6,9,23-24H,(H,21,22,25)/b11-5+. The number of amides is 1. The van der Waals surface area contributed by atoms with Crippen LogP contribution in [0, 0.1) is 22.7 Å². The number of benzene rings is 1. The number of phenolic OH excluding ortho intramolecular Hbond substituents is 2. The van der Waals surface area contributed by atoms with E-state index in [2.05, 4.69) is 16.4 Å². The summed E-state index contributed by atoms with van der Waals surface area (Å²) in [4.78, 5) is 18.0. The highest BCUT2D eigenvalue weighted by Gasteiger charge is 2.14. The maximum Gasteiger partial charge on any atom is 0.268 e. The zero-order valence-electron chi connectivity index (χ0n) is 13.5. The third kappa shape index (κ3) is 4.12. The summed E-state index contributed by atoms with van der Waals surface area (Å²) in [5, 5.41) is 41.6. The molecule has 0 aliphatic carbocycles. The lowest BCUT2D eigenvalue weighted by molar-refractivity contribution is -0.112. The average Bonchev–Trinajstić information content (AvgIpc) is 3.31. The van der Waals surface area contributed by atoms with Gasteiger partial charge in [-0.3, -0.25) is 10.1 Å². The Kier molecular flexibility index (Phi) is 5.18. The van der Waals surface area contributed by atoms with Gasteiger partial charge < -0.3 is 10.2 Å². The van der Waals surface area contributed by atoms with Crippen molar-refractivity contribution >= 4 is 39.8 Å². The molecule has 0 unspecified atom stereocenters. The van der Waals surface area contributed by atoms with Crippen molar-refractivity contribution in [3.63, 3.8) is 0 Å². The summed E-state index contributed by atoms with van der Waals surface area (Å²) in [6.45, 7) is 0. The van der Waals surface area contributed by atoms with E-state index in [1.807, 2.05) is 0 Å². The first kappa shape index (κ1) is 18.1. The zero-order valence-corrected chi connectivity index (χ0v) is 15.1. The van der Waals surface area contributed by atoms with Gasteiger partial charge >= 0.3 is 0 Å². The molecule has 1 amide bonds. The molecule has 0 fully saturated rings. The number of aromatic nitrogens is 1. The van der Waals surface area contributed by atoms with Crippen molar-refractivity contribution in [1.82, 2.24) is 4.98 Å². The van der Waals surface area contributed by atoms with Crippen LogP contribution in [0.2, 0.25) is 0 Å². The normalized spacial score (nSPS) is 10.8. The SMILES string of the molecule is N#C/C(=C\c1ccc(O)c(O)c1)C(=O)Nc1nc(-c2ccc(C#N)s2)cs1. The average molecular weight is 394 g/mol. The van der Waals surface area contributed by atoms with Crippen LogP contribution in [-0.4, -0.2) is 21.1 Å². The predicted octanol–water partition coefficient (Wildman–Crippen LogP) is 3.70. The Bertz CT molecular complexity index is 1130. The Balaban J connectivity index is 1.77. The number of carbonyl (C=O) groups is 1. The van der Waals surface area contributed by atoms with Crippen molar-refractivity contribution in [3.05, 3.63) is 51.7 Å².